The Bertz CT molecular complexity index is 502. The van der Waals surface area contributed by atoms with E-state index < -0.39 is 0 Å². The van der Waals surface area contributed by atoms with E-state index in [1.165, 1.54) is 0 Å². The van der Waals surface area contributed by atoms with Crippen LogP contribution in [-0.4, -0.2) is 23.9 Å². The molecule has 0 atom stereocenters. The minimum absolute atomic E-state index is 0.809. The van der Waals surface area contributed by atoms with Crippen molar-refractivity contribution in [3.05, 3.63) is 29.3 Å². The van der Waals surface area contributed by atoms with E-state index in [9.17, 15) is 0 Å². The third-order valence-electron chi connectivity index (χ3n) is 2.22. The molecule has 0 radical (unpaired) electrons. The molecule has 0 aliphatic rings. The van der Waals surface area contributed by atoms with Gasteiger partial charge in [-0.3, -0.25) is 0 Å². The van der Waals surface area contributed by atoms with Crippen molar-refractivity contribution in [1.82, 2.24) is 10.2 Å². The number of methoxy groups -OCH3 is 1. The number of rotatable bonds is 6. The van der Waals surface area contributed by atoms with Gasteiger partial charge >= 0.3 is 0 Å². The predicted octanol–water partition coefficient (Wildman–Crippen LogP) is 3.27. The molecule has 0 unspecified atom stereocenters. The van der Waals surface area contributed by atoms with Gasteiger partial charge in [-0.2, -0.15) is 0 Å². The Morgan fingerprint density at radius 3 is 2.94 bits per heavy atom. The van der Waals surface area contributed by atoms with Crippen LogP contribution in [0.5, 0.6) is 5.75 Å². The summed E-state index contributed by atoms with van der Waals surface area (Å²) < 4.78 is 5.31. The minimum Gasteiger partial charge on any atom is -0.496 e. The lowest BCUT2D eigenvalue weighted by molar-refractivity contribution is 0.405. The molecule has 18 heavy (non-hydrogen) atoms. The van der Waals surface area contributed by atoms with Crippen molar-refractivity contribution in [2.24, 2.45) is 0 Å². The monoisotopic (exact) mass is 281 g/mol. The van der Waals surface area contributed by atoms with Crippen molar-refractivity contribution in [2.45, 2.75) is 17.6 Å². The Hall–Kier alpha value is -1.27. The second-order valence-corrected chi connectivity index (χ2v) is 5.55. The van der Waals surface area contributed by atoms with Crippen molar-refractivity contribution >= 4 is 28.2 Å². The highest BCUT2D eigenvalue weighted by Crippen LogP contribution is 2.32. The maximum Gasteiger partial charge on any atom is 0.205 e. The van der Waals surface area contributed by atoms with Crippen molar-refractivity contribution < 1.29 is 4.74 Å². The Morgan fingerprint density at radius 2 is 2.17 bits per heavy atom. The summed E-state index contributed by atoms with van der Waals surface area (Å²) in [5.41, 5.74) is 0. The number of thioether (sulfide) groups is 1. The van der Waals surface area contributed by atoms with Crippen LogP contribution in [0, 0.1) is 0 Å². The van der Waals surface area contributed by atoms with Gasteiger partial charge in [0.1, 0.15) is 10.8 Å². The Balaban J connectivity index is 1.97. The van der Waals surface area contributed by atoms with E-state index in [0.717, 1.165) is 33.1 Å². The van der Waals surface area contributed by atoms with Gasteiger partial charge in [0.15, 0.2) is 0 Å². The Kier molecular flexibility index (Phi) is 4.83. The zero-order valence-corrected chi connectivity index (χ0v) is 12.0. The van der Waals surface area contributed by atoms with Gasteiger partial charge in [-0.05, 0) is 19.1 Å². The average molecular weight is 281 g/mol. The first kappa shape index (κ1) is 13.2. The quantitative estimate of drug-likeness (QED) is 0.823. The van der Waals surface area contributed by atoms with Crippen LogP contribution >= 0.6 is 23.1 Å². The molecule has 0 aliphatic heterocycles. The van der Waals surface area contributed by atoms with Gasteiger partial charge in [0.25, 0.3) is 0 Å². The molecule has 2 rings (SSSR count). The van der Waals surface area contributed by atoms with Crippen molar-refractivity contribution in [2.75, 3.05) is 19.0 Å². The van der Waals surface area contributed by atoms with Gasteiger partial charge in [0, 0.05) is 11.4 Å². The molecule has 0 saturated carbocycles. The predicted molar refractivity (Wildman–Crippen MR) is 76.6 cm³/mol. The molecule has 96 valence electrons. The minimum atomic E-state index is 0.809. The van der Waals surface area contributed by atoms with Gasteiger partial charge in [-0.15, -0.1) is 22.0 Å². The molecular weight excluding hydrogens is 266 g/mol. The molecule has 1 aromatic carbocycles. The standard InChI is InChI=1S/C12H15N3OS2/c1-3-13-12-15-14-11(18-12)8-17-10-7-5-4-6-9(10)16-2/h4-7H,3,8H2,1-2H3,(H,13,15). The Labute approximate surface area is 115 Å². The molecule has 4 nitrogen and oxygen atoms in total. The average Bonchev–Trinajstić information content (AvgIpc) is 2.85. The first-order valence-corrected chi connectivity index (χ1v) is 7.45. The fourth-order valence-corrected chi connectivity index (χ4v) is 3.23. The zero-order chi connectivity index (χ0) is 12.8. The van der Waals surface area contributed by atoms with Crippen LogP contribution in [0.3, 0.4) is 0 Å². The number of hydrogen-bond donors (Lipinski definition) is 1. The first-order chi connectivity index (χ1) is 8.83. The highest BCUT2D eigenvalue weighted by Gasteiger charge is 2.06. The van der Waals surface area contributed by atoms with E-state index in [-0.39, 0.29) is 0 Å². The van der Waals surface area contributed by atoms with Crippen LogP contribution < -0.4 is 10.1 Å². The second-order valence-electron chi connectivity index (χ2n) is 3.47. The number of benzene rings is 1. The van der Waals surface area contributed by atoms with Crippen LogP contribution in [-0.2, 0) is 5.75 Å². The van der Waals surface area contributed by atoms with Gasteiger partial charge in [0.2, 0.25) is 5.13 Å². The van der Waals surface area contributed by atoms with Gasteiger partial charge in [-0.25, -0.2) is 0 Å². The topological polar surface area (TPSA) is 47.0 Å². The van der Waals surface area contributed by atoms with E-state index >= 15 is 0 Å². The summed E-state index contributed by atoms with van der Waals surface area (Å²) in [7, 11) is 1.69. The van der Waals surface area contributed by atoms with Crippen LogP contribution in [0.4, 0.5) is 5.13 Å². The molecule has 0 aliphatic carbocycles. The number of aromatic nitrogens is 2. The molecule has 0 amide bonds. The lowest BCUT2D eigenvalue weighted by Gasteiger charge is -2.05. The molecule has 1 N–H and O–H groups in total. The number of nitrogens with one attached hydrogen (secondary N) is 1. The number of anilines is 1. The van der Waals surface area contributed by atoms with Gasteiger partial charge in [0.05, 0.1) is 12.9 Å². The molecule has 0 spiro atoms. The maximum atomic E-state index is 5.31. The van der Waals surface area contributed by atoms with Gasteiger partial charge < -0.3 is 10.1 Å². The lowest BCUT2D eigenvalue weighted by Crippen LogP contribution is -1.94. The third kappa shape index (κ3) is 3.36. The molecule has 1 aromatic heterocycles. The highest BCUT2D eigenvalue weighted by molar-refractivity contribution is 7.98. The van der Waals surface area contributed by atoms with Crippen LogP contribution in [0.25, 0.3) is 0 Å². The van der Waals surface area contributed by atoms with E-state index in [0.29, 0.717) is 0 Å². The molecule has 2 aromatic rings. The van der Waals surface area contributed by atoms with E-state index in [4.69, 9.17) is 4.74 Å². The molecule has 0 bridgehead atoms. The number of ether oxygens (including phenoxy) is 1. The van der Waals surface area contributed by atoms with Crippen molar-refractivity contribution in [3.8, 4) is 5.75 Å². The SMILES string of the molecule is CCNc1nnc(CSc2ccccc2OC)s1. The summed E-state index contributed by atoms with van der Waals surface area (Å²) in [6.45, 7) is 2.92. The lowest BCUT2D eigenvalue weighted by atomic mass is 10.3. The van der Waals surface area contributed by atoms with Gasteiger partial charge in [-0.1, -0.05) is 23.5 Å². The van der Waals surface area contributed by atoms with Crippen molar-refractivity contribution in [3.63, 3.8) is 0 Å². The fourth-order valence-electron chi connectivity index (χ4n) is 1.41. The smallest absolute Gasteiger partial charge is 0.205 e. The maximum absolute atomic E-state index is 5.31. The molecule has 1 heterocycles. The summed E-state index contributed by atoms with van der Waals surface area (Å²) >= 11 is 3.31. The van der Waals surface area contributed by atoms with Crippen LogP contribution in [0.2, 0.25) is 0 Å². The number of hydrogen-bond acceptors (Lipinski definition) is 6. The van der Waals surface area contributed by atoms with E-state index in [1.807, 2.05) is 25.1 Å². The normalized spacial score (nSPS) is 10.3. The van der Waals surface area contributed by atoms with Crippen molar-refractivity contribution in [1.29, 1.82) is 0 Å². The zero-order valence-electron chi connectivity index (χ0n) is 10.3. The summed E-state index contributed by atoms with van der Waals surface area (Å²) in [5, 5.41) is 13.3. The van der Waals surface area contributed by atoms with Crippen LogP contribution in [0.1, 0.15) is 11.9 Å². The molecular formula is C12H15N3OS2. The Morgan fingerprint density at radius 1 is 1.33 bits per heavy atom. The molecule has 6 heteroatoms. The molecule has 0 saturated heterocycles. The third-order valence-corrected chi connectivity index (χ3v) is 4.34. The summed E-state index contributed by atoms with van der Waals surface area (Å²) in [4.78, 5) is 1.13. The first-order valence-electron chi connectivity index (χ1n) is 5.65. The second kappa shape index (κ2) is 6.61. The highest BCUT2D eigenvalue weighted by atomic mass is 32.2. The van der Waals surface area contributed by atoms with Crippen LogP contribution in [0.15, 0.2) is 29.2 Å². The number of nitrogens with zero attached hydrogens (tertiary/aromatic N) is 2. The van der Waals surface area contributed by atoms with E-state index in [2.05, 4.69) is 21.6 Å². The fraction of sp³-hybridized carbons (Fsp3) is 0.333. The largest absolute Gasteiger partial charge is 0.496 e. The van der Waals surface area contributed by atoms with E-state index in [1.54, 1.807) is 30.2 Å². The summed E-state index contributed by atoms with van der Waals surface area (Å²) in [6, 6.07) is 7.99. The molecule has 0 fully saturated rings. The summed E-state index contributed by atoms with van der Waals surface area (Å²) in [6.07, 6.45) is 0. The number of para-hydroxylation sites is 1. The summed E-state index contributed by atoms with van der Waals surface area (Å²) in [5.74, 6) is 1.71.